The molecular formula is C17H19BrN2S2. The van der Waals surface area contributed by atoms with Gasteiger partial charge in [-0.15, -0.1) is 11.8 Å². The largest absolute Gasteiger partial charge is 0.362 e. The normalized spacial score (nSPS) is 10.3. The van der Waals surface area contributed by atoms with Gasteiger partial charge >= 0.3 is 0 Å². The SMILES string of the molecule is Cc1ccc(SCCNC(=S)Nc2ccc(Br)c(C)c2)cc1. The molecule has 0 amide bonds. The Morgan fingerprint density at radius 1 is 1.14 bits per heavy atom. The van der Waals surface area contributed by atoms with E-state index >= 15 is 0 Å². The fourth-order valence-electron chi connectivity index (χ4n) is 1.87. The van der Waals surface area contributed by atoms with E-state index in [0.29, 0.717) is 5.11 Å². The van der Waals surface area contributed by atoms with E-state index in [1.807, 2.05) is 23.9 Å². The van der Waals surface area contributed by atoms with Gasteiger partial charge in [0.2, 0.25) is 0 Å². The first kappa shape index (κ1) is 17.3. The summed E-state index contributed by atoms with van der Waals surface area (Å²) >= 11 is 10.6. The van der Waals surface area contributed by atoms with Crippen LogP contribution >= 0.6 is 39.9 Å². The summed E-state index contributed by atoms with van der Waals surface area (Å²) in [6.07, 6.45) is 0. The van der Waals surface area contributed by atoms with Crippen molar-refractivity contribution in [1.82, 2.24) is 5.32 Å². The molecule has 0 saturated heterocycles. The highest BCUT2D eigenvalue weighted by Crippen LogP contribution is 2.20. The van der Waals surface area contributed by atoms with Gasteiger partial charge < -0.3 is 10.6 Å². The lowest BCUT2D eigenvalue weighted by atomic mass is 10.2. The fraction of sp³-hybridized carbons (Fsp3) is 0.235. The molecule has 0 atom stereocenters. The lowest BCUT2D eigenvalue weighted by Gasteiger charge is -2.11. The monoisotopic (exact) mass is 394 g/mol. The van der Waals surface area contributed by atoms with Crippen LogP contribution in [0.1, 0.15) is 11.1 Å². The molecule has 116 valence electrons. The average molecular weight is 395 g/mol. The lowest BCUT2D eigenvalue weighted by molar-refractivity contribution is 0.990. The van der Waals surface area contributed by atoms with Crippen LogP contribution in [0.3, 0.4) is 0 Å². The van der Waals surface area contributed by atoms with Crippen LogP contribution in [0.4, 0.5) is 5.69 Å². The molecular weight excluding hydrogens is 376 g/mol. The third-order valence-corrected chi connectivity index (χ3v) is 5.24. The van der Waals surface area contributed by atoms with Gasteiger partial charge in [-0.05, 0) is 62.0 Å². The zero-order valence-corrected chi connectivity index (χ0v) is 15.9. The third-order valence-electron chi connectivity index (χ3n) is 3.09. The predicted molar refractivity (Wildman–Crippen MR) is 105 cm³/mol. The van der Waals surface area contributed by atoms with Crippen molar-refractivity contribution in [2.75, 3.05) is 17.6 Å². The van der Waals surface area contributed by atoms with Crippen LogP contribution in [-0.4, -0.2) is 17.4 Å². The average Bonchev–Trinajstić information content (AvgIpc) is 2.49. The molecule has 2 nitrogen and oxygen atoms in total. The Bertz CT molecular complexity index is 642. The number of nitrogens with one attached hydrogen (secondary N) is 2. The number of rotatable bonds is 5. The Labute approximate surface area is 150 Å². The molecule has 0 heterocycles. The van der Waals surface area contributed by atoms with Crippen molar-refractivity contribution in [1.29, 1.82) is 0 Å². The Hall–Kier alpha value is -1.04. The van der Waals surface area contributed by atoms with E-state index in [0.717, 1.165) is 22.5 Å². The Balaban J connectivity index is 1.71. The first-order valence-corrected chi connectivity index (χ1v) is 9.24. The van der Waals surface area contributed by atoms with Crippen molar-refractivity contribution in [3.05, 3.63) is 58.1 Å². The molecule has 2 aromatic carbocycles. The molecule has 2 N–H and O–H groups in total. The third kappa shape index (κ3) is 5.63. The number of hydrogen-bond donors (Lipinski definition) is 2. The molecule has 0 bridgehead atoms. The number of benzene rings is 2. The zero-order chi connectivity index (χ0) is 15.9. The molecule has 2 rings (SSSR count). The van der Waals surface area contributed by atoms with Crippen molar-refractivity contribution >= 4 is 50.7 Å². The van der Waals surface area contributed by atoms with Gasteiger partial charge in [-0.3, -0.25) is 0 Å². The topological polar surface area (TPSA) is 24.1 Å². The minimum atomic E-state index is 0.659. The van der Waals surface area contributed by atoms with Crippen LogP contribution in [0.15, 0.2) is 51.8 Å². The van der Waals surface area contributed by atoms with E-state index in [4.69, 9.17) is 12.2 Å². The van der Waals surface area contributed by atoms with Gasteiger partial charge in [0.15, 0.2) is 5.11 Å². The Morgan fingerprint density at radius 2 is 1.86 bits per heavy atom. The fourth-order valence-corrected chi connectivity index (χ4v) is 3.10. The molecule has 0 saturated carbocycles. The van der Waals surface area contributed by atoms with Crippen LogP contribution in [-0.2, 0) is 0 Å². The van der Waals surface area contributed by atoms with E-state index in [1.54, 1.807) is 0 Å². The summed E-state index contributed by atoms with van der Waals surface area (Å²) in [6.45, 7) is 4.99. The first-order chi connectivity index (χ1) is 10.5. The quantitative estimate of drug-likeness (QED) is 0.416. The lowest BCUT2D eigenvalue weighted by Crippen LogP contribution is -2.30. The number of thioether (sulfide) groups is 1. The molecule has 0 fully saturated rings. The van der Waals surface area contributed by atoms with Gasteiger partial charge in [0, 0.05) is 27.4 Å². The van der Waals surface area contributed by atoms with Crippen molar-refractivity contribution in [2.24, 2.45) is 0 Å². The van der Waals surface area contributed by atoms with Crippen LogP contribution in [0, 0.1) is 13.8 Å². The summed E-state index contributed by atoms with van der Waals surface area (Å²) in [5, 5.41) is 7.10. The number of hydrogen-bond acceptors (Lipinski definition) is 2. The molecule has 0 aliphatic heterocycles. The van der Waals surface area contributed by atoms with E-state index in [-0.39, 0.29) is 0 Å². The minimum absolute atomic E-state index is 0.659. The predicted octanol–water partition coefficient (Wildman–Crippen LogP) is 5.14. The molecule has 0 aliphatic rings. The number of anilines is 1. The van der Waals surface area contributed by atoms with Crippen molar-refractivity contribution in [3.8, 4) is 0 Å². The summed E-state index contributed by atoms with van der Waals surface area (Å²) < 4.78 is 1.10. The Morgan fingerprint density at radius 3 is 2.55 bits per heavy atom. The summed E-state index contributed by atoms with van der Waals surface area (Å²) in [5.41, 5.74) is 3.48. The van der Waals surface area contributed by atoms with Crippen molar-refractivity contribution in [2.45, 2.75) is 18.7 Å². The standard InChI is InChI=1S/C17H19BrN2S2/c1-12-3-6-15(7-4-12)22-10-9-19-17(21)20-14-5-8-16(18)13(2)11-14/h3-8,11H,9-10H2,1-2H3,(H2,19,20,21). The second-order valence-electron chi connectivity index (χ2n) is 5.01. The van der Waals surface area contributed by atoms with Gasteiger partial charge in [0.1, 0.15) is 0 Å². The molecule has 0 unspecified atom stereocenters. The summed E-state index contributed by atoms with van der Waals surface area (Å²) in [5.74, 6) is 0.976. The molecule has 5 heteroatoms. The minimum Gasteiger partial charge on any atom is -0.362 e. The molecule has 0 radical (unpaired) electrons. The maximum absolute atomic E-state index is 5.32. The van der Waals surface area contributed by atoms with Gasteiger partial charge in [0.25, 0.3) is 0 Å². The second kappa shape index (κ2) is 8.56. The highest BCUT2D eigenvalue weighted by molar-refractivity contribution is 9.10. The van der Waals surface area contributed by atoms with Crippen molar-refractivity contribution in [3.63, 3.8) is 0 Å². The summed E-state index contributed by atoms with van der Waals surface area (Å²) in [6, 6.07) is 14.7. The van der Waals surface area contributed by atoms with Gasteiger partial charge in [-0.1, -0.05) is 33.6 Å². The van der Waals surface area contributed by atoms with E-state index < -0.39 is 0 Å². The highest BCUT2D eigenvalue weighted by atomic mass is 79.9. The van der Waals surface area contributed by atoms with E-state index in [9.17, 15) is 0 Å². The molecule has 0 aromatic heterocycles. The van der Waals surface area contributed by atoms with Crippen molar-refractivity contribution < 1.29 is 0 Å². The second-order valence-corrected chi connectivity index (χ2v) is 7.44. The molecule has 0 spiro atoms. The number of halogens is 1. The number of aryl methyl sites for hydroxylation is 2. The smallest absolute Gasteiger partial charge is 0.170 e. The summed E-state index contributed by atoms with van der Waals surface area (Å²) in [7, 11) is 0. The Kier molecular flexibility index (Phi) is 6.73. The molecule has 0 aliphatic carbocycles. The molecule has 22 heavy (non-hydrogen) atoms. The van der Waals surface area contributed by atoms with Crippen LogP contribution < -0.4 is 10.6 Å². The van der Waals surface area contributed by atoms with Gasteiger partial charge in [-0.2, -0.15) is 0 Å². The zero-order valence-electron chi connectivity index (χ0n) is 12.7. The van der Waals surface area contributed by atoms with Crippen LogP contribution in [0.5, 0.6) is 0 Å². The van der Waals surface area contributed by atoms with E-state index in [1.165, 1.54) is 16.0 Å². The van der Waals surface area contributed by atoms with E-state index in [2.05, 4.69) is 70.7 Å². The maximum atomic E-state index is 5.32. The maximum Gasteiger partial charge on any atom is 0.170 e. The van der Waals surface area contributed by atoms with Crippen LogP contribution in [0.25, 0.3) is 0 Å². The van der Waals surface area contributed by atoms with Crippen LogP contribution in [0.2, 0.25) is 0 Å². The first-order valence-electron chi connectivity index (χ1n) is 7.05. The summed E-state index contributed by atoms with van der Waals surface area (Å²) in [4.78, 5) is 1.29. The van der Waals surface area contributed by atoms with Gasteiger partial charge in [-0.25, -0.2) is 0 Å². The molecule has 2 aromatic rings. The van der Waals surface area contributed by atoms with Gasteiger partial charge in [0.05, 0.1) is 0 Å². The number of thiocarbonyl (C=S) groups is 1. The highest BCUT2D eigenvalue weighted by Gasteiger charge is 2.00.